The van der Waals surface area contributed by atoms with Gasteiger partial charge >= 0.3 is 0 Å². The Morgan fingerprint density at radius 2 is 1.00 bits per heavy atom. The molecule has 0 saturated carbocycles. The summed E-state index contributed by atoms with van der Waals surface area (Å²) >= 11 is 0. The molecule has 0 heteroatoms. The van der Waals surface area contributed by atoms with Crippen molar-refractivity contribution in [1.82, 2.24) is 0 Å². The molecule has 0 fully saturated rings. The van der Waals surface area contributed by atoms with Crippen LogP contribution in [0, 0.1) is 25.7 Å². The minimum absolute atomic E-state index is 0.902. The van der Waals surface area contributed by atoms with E-state index in [9.17, 15) is 0 Å². The third-order valence-electron chi connectivity index (χ3n) is 6.51. The van der Waals surface area contributed by atoms with Crippen LogP contribution in [0.3, 0.4) is 0 Å². The first-order valence-electron chi connectivity index (χ1n) is 13.0. The molecule has 0 nitrogen and oxygen atoms in total. The van der Waals surface area contributed by atoms with E-state index in [0.29, 0.717) is 0 Å². The molecule has 0 aromatic rings. The standard InChI is InChI=1S/C28H54/c1-5-8-10-12-14-16-17-18-20-22-24-26-28(27(4)7-3)25-23-21-19-15-13-11-9-6-2/h18,20,27-28H,1-2,5-17,19,21-26H2,3-4H3/b20-18+. The van der Waals surface area contributed by atoms with Gasteiger partial charge in [0.05, 0.1) is 0 Å². The van der Waals surface area contributed by atoms with Crippen LogP contribution in [0.15, 0.2) is 12.2 Å². The van der Waals surface area contributed by atoms with Crippen molar-refractivity contribution >= 4 is 0 Å². The Bertz CT molecular complexity index is 303. The third-order valence-corrected chi connectivity index (χ3v) is 6.51. The summed E-state index contributed by atoms with van der Waals surface area (Å²) in [5.41, 5.74) is 0. The molecule has 0 heterocycles. The van der Waals surface area contributed by atoms with Crippen molar-refractivity contribution < 1.29 is 0 Å². The van der Waals surface area contributed by atoms with Crippen LogP contribution in [-0.2, 0) is 0 Å². The molecule has 0 aliphatic carbocycles. The molecule has 0 bridgehead atoms. The van der Waals surface area contributed by atoms with E-state index in [1.807, 2.05) is 0 Å². The lowest BCUT2D eigenvalue weighted by Gasteiger charge is -2.23. The van der Waals surface area contributed by atoms with Crippen molar-refractivity contribution in [2.45, 2.75) is 142 Å². The fourth-order valence-electron chi connectivity index (χ4n) is 4.22. The summed E-state index contributed by atoms with van der Waals surface area (Å²) in [5.74, 6) is 1.86. The molecular formula is C28H54. The molecule has 0 aliphatic heterocycles. The highest BCUT2D eigenvalue weighted by molar-refractivity contribution is 4.82. The normalized spacial score (nSPS) is 14.0. The van der Waals surface area contributed by atoms with Gasteiger partial charge < -0.3 is 0 Å². The van der Waals surface area contributed by atoms with Gasteiger partial charge in [-0.05, 0) is 43.9 Å². The van der Waals surface area contributed by atoms with Gasteiger partial charge in [-0.25, -0.2) is 0 Å². The van der Waals surface area contributed by atoms with Gasteiger partial charge in [-0.15, -0.1) is 0 Å². The monoisotopic (exact) mass is 390 g/mol. The third kappa shape index (κ3) is 19.1. The fourth-order valence-corrected chi connectivity index (χ4v) is 4.22. The second-order valence-electron chi connectivity index (χ2n) is 9.08. The maximum atomic E-state index is 3.93. The Kier molecular flexibility index (Phi) is 22.8. The molecule has 0 aromatic heterocycles. The largest absolute Gasteiger partial charge is 0.0885 e. The SMILES string of the molecule is [CH2]CCCCCCC/C=C/CCCC(CCCCCCCCC[CH2])C(C)CC. The fraction of sp³-hybridized carbons (Fsp3) is 0.857. The van der Waals surface area contributed by atoms with Gasteiger partial charge in [-0.2, -0.15) is 0 Å². The summed E-state index contributed by atoms with van der Waals surface area (Å²) in [6.07, 6.45) is 32.1. The first-order chi connectivity index (χ1) is 13.8. The van der Waals surface area contributed by atoms with Crippen molar-refractivity contribution in [2.24, 2.45) is 11.8 Å². The van der Waals surface area contributed by atoms with Crippen LogP contribution in [0.2, 0.25) is 0 Å². The van der Waals surface area contributed by atoms with Gasteiger partial charge in [0.25, 0.3) is 0 Å². The highest BCUT2D eigenvalue weighted by Crippen LogP contribution is 2.27. The van der Waals surface area contributed by atoms with Gasteiger partial charge in [0.15, 0.2) is 0 Å². The van der Waals surface area contributed by atoms with Crippen molar-refractivity contribution in [3.63, 3.8) is 0 Å². The summed E-state index contributed by atoms with van der Waals surface area (Å²) < 4.78 is 0. The second kappa shape index (κ2) is 23.0. The zero-order valence-corrected chi connectivity index (χ0v) is 19.9. The van der Waals surface area contributed by atoms with Crippen LogP contribution in [0.25, 0.3) is 0 Å². The number of hydrogen-bond donors (Lipinski definition) is 0. The van der Waals surface area contributed by atoms with Gasteiger partial charge in [0.2, 0.25) is 0 Å². The zero-order chi connectivity index (χ0) is 20.7. The van der Waals surface area contributed by atoms with Crippen LogP contribution in [0.4, 0.5) is 0 Å². The van der Waals surface area contributed by atoms with Crippen molar-refractivity contribution in [1.29, 1.82) is 0 Å². The quantitative estimate of drug-likeness (QED) is 0.127. The molecule has 0 aromatic carbocycles. The topological polar surface area (TPSA) is 0 Å². The van der Waals surface area contributed by atoms with E-state index in [1.54, 1.807) is 0 Å². The van der Waals surface area contributed by atoms with E-state index in [1.165, 1.54) is 116 Å². The van der Waals surface area contributed by atoms with Gasteiger partial charge in [0, 0.05) is 0 Å². The smallest absolute Gasteiger partial charge is 0.0351 e. The zero-order valence-electron chi connectivity index (χ0n) is 19.9. The molecular weight excluding hydrogens is 336 g/mol. The lowest BCUT2D eigenvalue weighted by atomic mass is 9.83. The molecule has 0 N–H and O–H groups in total. The van der Waals surface area contributed by atoms with E-state index >= 15 is 0 Å². The summed E-state index contributed by atoms with van der Waals surface area (Å²) in [7, 11) is 0. The first-order valence-corrected chi connectivity index (χ1v) is 13.0. The van der Waals surface area contributed by atoms with Gasteiger partial charge in [0.1, 0.15) is 0 Å². The Morgan fingerprint density at radius 3 is 1.54 bits per heavy atom. The van der Waals surface area contributed by atoms with E-state index in [0.717, 1.165) is 24.7 Å². The highest BCUT2D eigenvalue weighted by atomic mass is 14.2. The van der Waals surface area contributed by atoms with Crippen molar-refractivity contribution in [3.8, 4) is 0 Å². The molecule has 0 amide bonds. The van der Waals surface area contributed by atoms with E-state index in [4.69, 9.17) is 0 Å². The molecule has 2 unspecified atom stereocenters. The average Bonchev–Trinajstić information content (AvgIpc) is 2.71. The van der Waals surface area contributed by atoms with Crippen LogP contribution < -0.4 is 0 Å². The van der Waals surface area contributed by atoms with Crippen molar-refractivity contribution in [3.05, 3.63) is 26.0 Å². The minimum Gasteiger partial charge on any atom is -0.0885 e. The number of allylic oxidation sites excluding steroid dienone is 2. The van der Waals surface area contributed by atoms with Crippen LogP contribution in [0.5, 0.6) is 0 Å². The maximum Gasteiger partial charge on any atom is -0.0351 e. The predicted molar refractivity (Wildman–Crippen MR) is 131 cm³/mol. The molecule has 2 radical (unpaired) electrons. The number of hydrogen-bond acceptors (Lipinski definition) is 0. The summed E-state index contributed by atoms with van der Waals surface area (Å²) in [6.45, 7) is 12.7. The molecule has 0 aliphatic rings. The van der Waals surface area contributed by atoms with Gasteiger partial charge in [-0.1, -0.05) is 136 Å². The van der Waals surface area contributed by atoms with Gasteiger partial charge in [-0.3, -0.25) is 0 Å². The molecule has 166 valence electrons. The van der Waals surface area contributed by atoms with Crippen LogP contribution in [-0.4, -0.2) is 0 Å². The summed E-state index contributed by atoms with van der Waals surface area (Å²) in [4.78, 5) is 0. The Balaban J connectivity index is 3.68. The van der Waals surface area contributed by atoms with Crippen molar-refractivity contribution in [2.75, 3.05) is 0 Å². The van der Waals surface area contributed by atoms with Crippen LogP contribution in [0.1, 0.15) is 142 Å². The lowest BCUT2D eigenvalue weighted by molar-refractivity contribution is 0.292. The Labute approximate surface area is 180 Å². The molecule has 28 heavy (non-hydrogen) atoms. The van der Waals surface area contributed by atoms with Crippen LogP contribution >= 0.6 is 0 Å². The maximum absolute atomic E-state index is 3.93. The Morgan fingerprint density at radius 1 is 0.571 bits per heavy atom. The highest BCUT2D eigenvalue weighted by Gasteiger charge is 2.14. The number of unbranched alkanes of at least 4 members (excludes halogenated alkanes) is 14. The van der Waals surface area contributed by atoms with E-state index in [-0.39, 0.29) is 0 Å². The lowest BCUT2D eigenvalue weighted by Crippen LogP contribution is -2.11. The minimum atomic E-state index is 0.902. The number of rotatable bonds is 22. The second-order valence-corrected chi connectivity index (χ2v) is 9.08. The van der Waals surface area contributed by atoms with E-state index in [2.05, 4.69) is 39.8 Å². The summed E-state index contributed by atoms with van der Waals surface area (Å²) in [6, 6.07) is 0. The Hall–Kier alpha value is -0.260. The van der Waals surface area contributed by atoms with E-state index < -0.39 is 0 Å². The molecule has 0 saturated heterocycles. The first kappa shape index (κ1) is 27.7. The molecule has 0 rings (SSSR count). The predicted octanol–water partition coefficient (Wildman–Crippen LogP) is 10.3. The molecule has 2 atom stereocenters. The average molecular weight is 391 g/mol. The summed E-state index contributed by atoms with van der Waals surface area (Å²) in [5, 5.41) is 0. The molecule has 0 spiro atoms.